The van der Waals surface area contributed by atoms with Gasteiger partial charge in [0.25, 0.3) is 0 Å². The number of H-pyrrole nitrogens is 1. The van der Waals surface area contributed by atoms with E-state index in [9.17, 15) is 4.39 Å². The van der Waals surface area contributed by atoms with E-state index in [0.29, 0.717) is 36.0 Å². The minimum atomic E-state index is -0.905. The maximum atomic E-state index is 13.2. The molecule has 4 nitrogen and oxygen atoms in total. The zero-order chi connectivity index (χ0) is 15.1. The number of halogens is 1. The van der Waals surface area contributed by atoms with Gasteiger partial charge in [-0.05, 0) is 12.1 Å². The second-order valence-corrected chi connectivity index (χ2v) is 5.37. The number of benzene rings is 1. The number of ether oxygens (including phenoxy) is 2. The average Bonchev–Trinajstić information content (AvgIpc) is 2.95. The molecule has 1 unspecified atom stereocenters. The molecule has 0 spiro atoms. The van der Waals surface area contributed by atoms with Crippen molar-refractivity contribution in [3.05, 3.63) is 53.5 Å². The second kappa shape index (κ2) is 5.02. The largest absolute Gasteiger partial charge is 0.493 e. The van der Waals surface area contributed by atoms with Gasteiger partial charge in [-0.25, -0.2) is 4.39 Å². The van der Waals surface area contributed by atoms with Gasteiger partial charge in [0.1, 0.15) is 12.0 Å². The van der Waals surface area contributed by atoms with Gasteiger partial charge in [-0.3, -0.25) is 0 Å². The first-order valence-corrected chi connectivity index (χ1v) is 7.20. The minimum absolute atomic E-state index is 0.381. The molecule has 1 aliphatic heterocycles. The summed E-state index contributed by atoms with van der Waals surface area (Å²) in [4.78, 5) is 7.78. The van der Waals surface area contributed by atoms with Crippen LogP contribution in [0.5, 0.6) is 17.4 Å². The lowest BCUT2D eigenvalue weighted by atomic mass is 10.1. The molecule has 0 saturated heterocycles. The van der Waals surface area contributed by atoms with E-state index in [1.54, 1.807) is 19.3 Å². The number of nitrogens with zero attached hydrogens (tertiary/aromatic N) is 1. The summed E-state index contributed by atoms with van der Waals surface area (Å²) in [7, 11) is 1.62. The quantitative estimate of drug-likeness (QED) is 0.783. The molecule has 0 fully saturated rings. The van der Waals surface area contributed by atoms with Crippen molar-refractivity contribution in [1.82, 2.24) is 9.97 Å². The number of rotatable bonds is 2. The van der Waals surface area contributed by atoms with Gasteiger partial charge in [0.15, 0.2) is 11.5 Å². The molecule has 1 aliphatic carbocycles. The van der Waals surface area contributed by atoms with Crippen molar-refractivity contribution >= 4 is 5.57 Å². The number of fused-ring (bicyclic) bond motifs is 2. The first-order chi connectivity index (χ1) is 10.7. The fourth-order valence-corrected chi connectivity index (χ4v) is 2.77. The summed E-state index contributed by atoms with van der Waals surface area (Å²) in [5.41, 5.74) is 2.87. The molecule has 1 N–H and O–H groups in total. The van der Waals surface area contributed by atoms with Crippen LogP contribution in [-0.4, -0.2) is 23.2 Å². The lowest BCUT2D eigenvalue weighted by Gasteiger charge is -2.17. The number of hydrogen-bond donors (Lipinski definition) is 1. The van der Waals surface area contributed by atoms with Crippen molar-refractivity contribution < 1.29 is 13.9 Å². The first-order valence-electron chi connectivity index (χ1n) is 7.20. The molecule has 2 aliphatic rings. The smallest absolute Gasteiger partial charge is 0.241 e. The average molecular weight is 298 g/mol. The van der Waals surface area contributed by atoms with Crippen LogP contribution in [0.4, 0.5) is 4.39 Å². The number of allylic oxidation sites excluding steroid dienone is 4. The lowest BCUT2D eigenvalue weighted by Crippen LogP contribution is -2.04. The van der Waals surface area contributed by atoms with Crippen LogP contribution in [0.1, 0.15) is 23.5 Å². The van der Waals surface area contributed by atoms with Crippen LogP contribution >= 0.6 is 0 Å². The van der Waals surface area contributed by atoms with Crippen molar-refractivity contribution in [2.24, 2.45) is 0 Å². The number of hydrogen-bond acceptors (Lipinski definition) is 3. The van der Waals surface area contributed by atoms with Gasteiger partial charge in [-0.2, -0.15) is 4.98 Å². The highest BCUT2D eigenvalue weighted by atomic mass is 19.1. The molecule has 2 heterocycles. The predicted molar refractivity (Wildman–Crippen MR) is 81.1 cm³/mol. The zero-order valence-electron chi connectivity index (χ0n) is 12.1. The summed E-state index contributed by atoms with van der Waals surface area (Å²) in [6.45, 7) is 0. The third-order valence-corrected chi connectivity index (χ3v) is 3.91. The molecule has 1 aromatic carbocycles. The van der Waals surface area contributed by atoms with Crippen LogP contribution in [-0.2, 0) is 6.42 Å². The van der Waals surface area contributed by atoms with Crippen LogP contribution < -0.4 is 9.47 Å². The molecule has 2 aromatic rings. The van der Waals surface area contributed by atoms with E-state index in [4.69, 9.17) is 9.47 Å². The van der Waals surface area contributed by atoms with E-state index < -0.39 is 6.17 Å². The minimum Gasteiger partial charge on any atom is -0.493 e. The molecule has 1 aromatic heterocycles. The molecule has 22 heavy (non-hydrogen) atoms. The Labute approximate surface area is 127 Å². The van der Waals surface area contributed by atoms with Crippen LogP contribution in [0.3, 0.4) is 0 Å². The molecule has 0 radical (unpaired) electrons. The van der Waals surface area contributed by atoms with E-state index in [-0.39, 0.29) is 0 Å². The van der Waals surface area contributed by atoms with Crippen molar-refractivity contribution in [2.75, 3.05) is 7.11 Å². The summed E-state index contributed by atoms with van der Waals surface area (Å²) in [6, 6.07) is 5.82. The number of alkyl halides is 1. The molecule has 0 bridgehead atoms. The van der Waals surface area contributed by atoms with Crippen LogP contribution in [0.25, 0.3) is 5.57 Å². The SMILES string of the molecule is COc1cccc2c1Oc1nc(C3=CCC(F)C=C3)[nH]c1C2. The standard InChI is InChI=1S/C17H15FN2O2/c1-21-14-4-2-3-11-9-13-17(22-15(11)14)20-16(19-13)10-5-7-12(18)8-6-10/h2-7,12H,8-9H2,1H3,(H,19,20). The number of aromatic nitrogens is 2. The van der Waals surface area contributed by atoms with Crippen LogP contribution in [0.15, 0.2) is 36.4 Å². The van der Waals surface area contributed by atoms with Crippen molar-refractivity contribution in [2.45, 2.75) is 19.0 Å². The van der Waals surface area contributed by atoms with Gasteiger partial charge in [0.05, 0.1) is 12.8 Å². The van der Waals surface area contributed by atoms with Crippen molar-refractivity contribution in [1.29, 1.82) is 0 Å². The van der Waals surface area contributed by atoms with Crippen molar-refractivity contribution in [3.63, 3.8) is 0 Å². The fourth-order valence-electron chi connectivity index (χ4n) is 2.77. The number of aromatic amines is 1. The monoisotopic (exact) mass is 298 g/mol. The third kappa shape index (κ3) is 2.09. The Kier molecular flexibility index (Phi) is 2.99. The highest BCUT2D eigenvalue weighted by molar-refractivity contribution is 5.72. The van der Waals surface area contributed by atoms with E-state index in [1.807, 2.05) is 24.3 Å². The highest BCUT2D eigenvalue weighted by Crippen LogP contribution is 2.41. The molecule has 1 atom stereocenters. The Morgan fingerprint density at radius 3 is 3.09 bits per heavy atom. The van der Waals surface area contributed by atoms with E-state index in [1.165, 1.54) is 0 Å². The molecular formula is C17H15FN2O2. The van der Waals surface area contributed by atoms with Gasteiger partial charge in [0.2, 0.25) is 5.88 Å². The van der Waals surface area contributed by atoms with E-state index >= 15 is 0 Å². The highest BCUT2D eigenvalue weighted by Gasteiger charge is 2.24. The Morgan fingerprint density at radius 1 is 1.41 bits per heavy atom. The molecule has 0 saturated carbocycles. The molecule has 0 amide bonds. The van der Waals surface area contributed by atoms with Crippen LogP contribution in [0.2, 0.25) is 0 Å². The van der Waals surface area contributed by atoms with Crippen LogP contribution in [0, 0.1) is 0 Å². The first kappa shape index (κ1) is 13.1. The second-order valence-electron chi connectivity index (χ2n) is 5.37. The van der Waals surface area contributed by atoms with Gasteiger partial charge in [-0.1, -0.05) is 24.3 Å². The maximum absolute atomic E-state index is 13.2. The predicted octanol–water partition coefficient (Wildman–Crippen LogP) is 3.80. The summed E-state index contributed by atoms with van der Waals surface area (Å²) in [5, 5.41) is 0. The fraction of sp³-hybridized carbons (Fsp3) is 0.235. The molecule has 4 rings (SSSR count). The van der Waals surface area contributed by atoms with Crippen molar-refractivity contribution in [3.8, 4) is 17.4 Å². The normalized spacial score (nSPS) is 19.0. The topological polar surface area (TPSA) is 47.1 Å². The molecule has 5 heteroatoms. The third-order valence-electron chi connectivity index (χ3n) is 3.91. The Morgan fingerprint density at radius 2 is 2.32 bits per heavy atom. The van der Waals surface area contributed by atoms with Gasteiger partial charge < -0.3 is 14.5 Å². The summed E-state index contributed by atoms with van der Waals surface area (Å²) in [5.74, 6) is 2.68. The summed E-state index contributed by atoms with van der Waals surface area (Å²) in [6.07, 6.45) is 5.34. The molecular weight excluding hydrogens is 283 g/mol. The number of para-hydroxylation sites is 1. The maximum Gasteiger partial charge on any atom is 0.241 e. The van der Waals surface area contributed by atoms with Gasteiger partial charge in [-0.15, -0.1) is 0 Å². The Bertz CT molecular complexity index is 792. The Hall–Kier alpha value is -2.56. The van der Waals surface area contributed by atoms with E-state index in [2.05, 4.69) is 9.97 Å². The van der Waals surface area contributed by atoms with Gasteiger partial charge >= 0.3 is 0 Å². The number of nitrogens with one attached hydrogen (secondary N) is 1. The molecule has 112 valence electrons. The zero-order valence-corrected chi connectivity index (χ0v) is 12.1. The summed E-state index contributed by atoms with van der Waals surface area (Å²) >= 11 is 0. The lowest BCUT2D eigenvalue weighted by molar-refractivity contribution is 0.366. The summed E-state index contributed by atoms with van der Waals surface area (Å²) < 4.78 is 24.4. The van der Waals surface area contributed by atoms with E-state index in [0.717, 1.165) is 16.8 Å². The number of methoxy groups -OCH3 is 1. The number of imidazole rings is 1. The Balaban J connectivity index is 1.69. The van der Waals surface area contributed by atoms with Gasteiger partial charge in [0, 0.05) is 24.0 Å².